The van der Waals surface area contributed by atoms with E-state index in [0.717, 1.165) is 17.4 Å². The van der Waals surface area contributed by atoms with E-state index in [9.17, 15) is 4.39 Å². The molecule has 2 unspecified atom stereocenters. The second kappa shape index (κ2) is 6.41. The van der Waals surface area contributed by atoms with Gasteiger partial charge in [-0.2, -0.15) is 11.8 Å². The van der Waals surface area contributed by atoms with Gasteiger partial charge in [-0.25, -0.2) is 4.39 Å². The summed E-state index contributed by atoms with van der Waals surface area (Å²) < 4.78 is 12.7. The Bertz CT molecular complexity index is 339. The van der Waals surface area contributed by atoms with Crippen LogP contribution in [0.25, 0.3) is 0 Å². The lowest BCUT2D eigenvalue weighted by Crippen LogP contribution is -2.26. The molecule has 0 aromatic heterocycles. The van der Waals surface area contributed by atoms with Crippen LogP contribution in [0.2, 0.25) is 0 Å². The molecule has 0 heterocycles. The summed E-state index contributed by atoms with van der Waals surface area (Å²) in [6, 6.07) is 7.41. The van der Waals surface area contributed by atoms with E-state index in [-0.39, 0.29) is 5.82 Å². The van der Waals surface area contributed by atoms with Gasteiger partial charge in [0.05, 0.1) is 0 Å². The Morgan fingerprint density at radius 3 is 2.76 bits per heavy atom. The lowest BCUT2D eigenvalue weighted by atomic mass is 10.2. The average Bonchev–Trinajstić information content (AvgIpc) is 2.77. The van der Waals surface area contributed by atoms with E-state index in [1.165, 1.54) is 37.1 Å². The number of rotatable bonds is 5. The Labute approximate surface area is 107 Å². The molecule has 1 aliphatic rings. The van der Waals surface area contributed by atoms with E-state index in [2.05, 4.69) is 24.0 Å². The summed E-state index contributed by atoms with van der Waals surface area (Å²) in [6.07, 6.45) is 3.89. The molecule has 1 N–H and O–H groups in total. The summed E-state index contributed by atoms with van der Waals surface area (Å²) >= 11 is 2.08. The highest BCUT2D eigenvalue weighted by atomic mass is 32.2. The van der Waals surface area contributed by atoms with Crippen molar-refractivity contribution in [3.63, 3.8) is 0 Å². The summed E-state index contributed by atoms with van der Waals surface area (Å²) in [5.41, 5.74) is 1.16. The maximum atomic E-state index is 12.7. The van der Waals surface area contributed by atoms with Gasteiger partial charge < -0.3 is 5.32 Å². The molecule has 1 aromatic rings. The minimum Gasteiger partial charge on any atom is -0.310 e. The van der Waals surface area contributed by atoms with Gasteiger partial charge in [0.1, 0.15) is 5.82 Å². The second-order valence-electron chi connectivity index (χ2n) is 4.59. The molecule has 1 saturated carbocycles. The van der Waals surface area contributed by atoms with Crippen molar-refractivity contribution in [1.82, 2.24) is 5.32 Å². The maximum Gasteiger partial charge on any atom is 0.123 e. The summed E-state index contributed by atoms with van der Waals surface area (Å²) in [5.74, 6) is 1.06. The van der Waals surface area contributed by atoms with Gasteiger partial charge in [0.2, 0.25) is 0 Å². The topological polar surface area (TPSA) is 12.0 Å². The second-order valence-corrected chi connectivity index (χ2v) is 6.17. The average molecular weight is 253 g/mol. The zero-order valence-electron chi connectivity index (χ0n) is 10.3. The van der Waals surface area contributed by atoms with Gasteiger partial charge in [0.15, 0.2) is 0 Å². The van der Waals surface area contributed by atoms with E-state index < -0.39 is 0 Å². The molecular weight excluding hydrogens is 233 g/mol. The van der Waals surface area contributed by atoms with Crippen molar-refractivity contribution in [3.8, 4) is 0 Å². The van der Waals surface area contributed by atoms with Gasteiger partial charge in [0, 0.05) is 17.8 Å². The number of halogens is 1. The van der Waals surface area contributed by atoms with E-state index in [1.54, 1.807) is 0 Å². The highest BCUT2D eigenvalue weighted by Crippen LogP contribution is 2.29. The third-order valence-electron chi connectivity index (χ3n) is 3.30. The first kappa shape index (κ1) is 12.9. The van der Waals surface area contributed by atoms with Gasteiger partial charge in [-0.15, -0.1) is 0 Å². The fraction of sp³-hybridized carbons (Fsp3) is 0.571. The Hall–Kier alpha value is -0.540. The van der Waals surface area contributed by atoms with Crippen molar-refractivity contribution in [2.24, 2.45) is 0 Å². The fourth-order valence-corrected chi connectivity index (χ4v) is 3.52. The Morgan fingerprint density at radius 1 is 1.29 bits per heavy atom. The molecule has 1 aliphatic carbocycles. The molecule has 0 aliphatic heterocycles. The van der Waals surface area contributed by atoms with Crippen molar-refractivity contribution >= 4 is 11.8 Å². The first-order valence-corrected chi connectivity index (χ1v) is 7.42. The molecule has 3 heteroatoms. The third-order valence-corrected chi connectivity index (χ3v) is 4.53. The van der Waals surface area contributed by atoms with E-state index in [4.69, 9.17) is 0 Å². The van der Waals surface area contributed by atoms with Crippen LogP contribution in [0, 0.1) is 5.82 Å². The predicted octanol–water partition coefficient (Wildman–Crippen LogP) is 3.59. The summed E-state index contributed by atoms with van der Waals surface area (Å²) in [7, 11) is 0. The highest BCUT2D eigenvalue weighted by molar-refractivity contribution is 7.99. The van der Waals surface area contributed by atoms with Crippen LogP contribution in [-0.4, -0.2) is 17.0 Å². The lowest BCUT2D eigenvalue weighted by Gasteiger charge is -2.13. The van der Waals surface area contributed by atoms with E-state index >= 15 is 0 Å². The molecule has 94 valence electrons. The molecular formula is C14H20FNS. The molecule has 2 rings (SSSR count). The van der Waals surface area contributed by atoms with Gasteiger partial charge in [-0.1, -0.05) is 19.1 Å². The first-order valence-electron chi connectivity index (χ1n) is 6.37. The van der Waals surface area contributed by atoms with Crippen LogP contribution in [0.3, 0.4) is 0 Å². The molecule has 0 bridgehead atoms. The van der Waals surface area contributed by atoms with Crippen molar-refractivity contribution in [3.05, 3.63) is 35.6 Å². The van der Waals surface area contributed by atoms with Crippen LogP contribution in [0.5, 0.6) is 0 Å². The van der Waals surface area contributed by atoms with Crippen LogP contribution in [0.15, 0.2) is 24.3 Å². The normalized spacial score (nSPS) is 24.1. The van der Waals surface area contributed by atoms with Crippen LogP contribution < -0.4 is 5.32 Å². The molecule has 0 saturated heterocycles. The number of thioether (sulfide) groups is 1. The molecule has 1 nitrogen and oxygen atoms in total. The molecule has 2 atom stereocenters. The molecule has 0 spiro atoms. The minimum atomic E-state index is -0.158. The maximum absolute atomic E-state index is 12.7. The van der Waals surface area contributed by atoms with Crippen molar-refractivity contribution in [2.45, 2.75) is 44.0 Å². The SMILES string of the molecule is CCSC1CCC(NCc2ccc(F)cc2)C1. The van der Waals surface area contributed by atoms with E-state index in [0.29, 0.717) is 6.04 Å². The number of hydrogen-bond acceptors (Lipinski definition) is 2. The van der Waals surface area contributed by atoms with Crippen LogP contribution in [0.1, 0.15) is 31.7 Å². The first-order chi connectivity index (χ1) is 8.28. The third kappa shape index (κ3) is 4.00. The van der Waals surface area contributed by atoms with Crippen molar-refractivity contribution in [2.75, 3.05) is 5.75 Å². The Kier molecular flexibility index (Phi) is 4.86. The zero-order chi connectivity index (χ0) is 12.1. The van der Waals surface area contributed by atoms with Gasteiger partial charge >= 0.3 is 0 Å². The van der Waals surface area contributed by atoms with Crippen molar-refractivity contribution < 1.29 is 4.39 Å². The monoisotopic (exact) mass is 253 g/mol. The predicted molar refractivity (Wildman–Crippen MR) is 72.8 cm³/mol. The summed E-state index contributed by atoms with van der Waals surface area (Å²) in [5, 5.41) is 4.41. The Balaban J connectivity index is 1.74. The molecule has 1 aromatic carbocycles. The minimum absolute atomic E-state index is 0.158. The standard InChI is InChI=1S/C14H20FNS/c1-2-17-14-8-7-13(9-14)16-10-11-3-5-12(15)6-4-11/h3-6,13-14,16H,2,7-10H2,1H3. The molecule has 0 radical (unpaired) electrons. The molecule has 0 amide bonds. The van der Waals surface area contributed by atoms with Gasteiger partial charge in [-0.3, -0.25) is 0 Å². The smallest absolute Gasteiger partial charge is 0.123 e. The number of benzene rings is 1. The lowest BCUT2D eigenvalue weighted by molar-refractivity contribution is 0.524. The molecule has 17 heavy (non-hydrogen) atoms. The summed E-state index contributed by atoms with van der Waals surface area (Å²) in [6.45, 7) is 3.08. The van der Waals surface area contributed by atoms with Crippen LogP contribution >= 0.6 is 11.8 Å². The number of hydrogen-bond donors (Lipinski definition) is 1. The van der Waals surface area contributed by atoms with Crippen LogP contribution in [-0.2, 0) is 6.54 Å². The van der Waals surface area contributed by atoms with Crippen LogP contribution in [0.4, 0.5) is 4.39 Å². The fourth-order valence-electron chi connectivity index (χ4n) is 2.38. The Morgan fingerprint density at radius 2 is 2.06 bits per heavy atom. The molecule has 1 fully saturated rings. The largest absolute Gasteiger partial charge is 0.310 e. The van der Waals surface area contributed by atoms with Gasteiger partial charge in [0.25, 0.3) is 0 Å². The summed E-state index contributed by atoms with van der Waals surface area (Å²) in [4.78, 5) is 0. The van der Waals surface area contributed by atoms with Gasteiger partial charge in [-0.05, 0) is 42.7 Å². The van der Waals surface area contributed by atoms with Crippen molar-refractivity contribution in [1.29, 1.82) is 0 Å². The quantitative estimate of drug-likeness (QED) is 0.860. The number of nitrogens with one attached hydrogen (secondary N) is 1. The zero-order valence-corrected chi connectivity index (χ0v) is 11.1. The van der Waals surface area contributed by atoms with E-state index in [1.807, 2.05) is 12.1 Å². The highest BCUT2D eigenvalue weighted by Gasteiger charge is 2.23.